The first-order chi connectivity index (χ1) is 14.0. The molecule has 1 aliphatic heterocycles. The lowest BCUT2D eigenvalue weighted by Crippen LogP contribution is -2.08. The van der Waals surface area contributed by atoms with Crippen LogP contribution in [0.25, 0.3) is 28.4 Å². The number of rotatable bonds is 2. The predicted molar refractivity (Wildman–Crippen MR) is 103 cm³/mol. The van der Waals surface area contributed by atoms with E-state index in [1.165, 1.54) is 6.20 Å². The summed E-state index contributed by atoms with van der Waals surface area (Å²) in [4.78, 5) is 15.2. The number of anilines is 1. The highest BCUT2D eigenvalue weighted by Gasteiger charge is 2.16. The summed E-state index contributed by atoms with van der Waals surface area (Å²) in [5, 5.41) is 2.90. The Kier molecular flexibility index (Phi) is 5.17. The van der Waals surface area contributed by atoms with Crippen molar-refractivity contribution in [3.05, 3.63) is 54.6 Å². The largest absolute Gasteiger partial charge is 0.381 e. The van der Waals surface area contributed by atoms with Crippen LogP contribution >= 0.6 is 0 Å². The number of nitrogens with two attached hydrogens (primary N) is 1. The molecule has 1 saturated heterocycles. The van der Waals surface area contributed by atoms with Gasteiger partial charge in [0.25, 0.3) is 0 Å². The van der Waals surface area contributed by atoms with Gasteiger partial charge in [0.1, 0.15) is 23.3 Å². The van der Waals surface area contributed by atoms with Crippen LogP contribution in [-0.4, -0.2) is 43.6 Å². The first kappa shape index (κ1) is 18.9. The lowest BCUT2D eigenvalue weighted by Gasteiger charge is -2.05. The zero-order valence-electron chi connectivity index (χ0n) is 15.2. The van der Waals surface area contributed by atoms with E-state index < -0.39 is 17.8 Å². The molecule has 4 aromatic heterocycles. The number of nitrogen functional groups attached to an aromatic ring is 1. The summed E-state index contributed by atoms with van der Waals surface area (Å²) in [5.41, 5.74) is 7.19. The smallest absolute Gasteiger partial charge is 0.168 e. The van der Waals surface area contributed by atoms with Gasteiger partial charge in [0, 0.05) is 36.8 Å². The maximum absolute atomic E-state index is 14.0. The number of imidazole rings is 2. The molecule has 1 fully saturated rings. The van der Waals surface area contributed by atoms with Crippen molar-refractivity contribution < 1.29 is 13.2 Å². The second kappa shape index (κ2) is 7.92. The van der Waals surface area contributed by atoms with Crippen molar-refractivity contribution in [3.63, 3.8) is 0 Å². The minimum absolute atomic E-state index is 0.0536. The summed E-state index contributed by atoms with van der Waals surface area (Å²) in [6, 6.07) is 4.32. The Hall–Kier alpha value is -3.40. The molecule has 29 heavy (non-hydrogen) atoms. The summed E-state index contributed by atoms with van der Waals surface area (Å²) in [6.45, 7) is 1.43. The molecule has 1 aliphatic rings. The number of aromatic amines is 1. The van der Waals surface area contributed by atoms with Gasteiger partial charge in [-0.25, -0.2) is 28.1 Å². The molecule has 0 saturated carbocycles. The highest BCUT2D eigenvalue weighted by atomic mass is 19.1. The van der Waals surface area contributed by atoms with Gasteiger partial charge in [-0.1, -0.05) is 0 Å². The zero-order valence-corrected chi connectivity index (χ0v) is 15.2. The van der Waals surface area contributed by atoms with E-state index in [2.05, 4.69) is 25.3 Å². The summed E-state index contributed by atoms with van der Waals surface area (Å²) in [6.07, 6.45) is 6.69. The number of H-pyrrole nitrogens is 1. The van der Waals surface area contributed by atoms with Crippen LogP contribution < -0.4 is 11.1 Å². The number of pyridine rings is 2. The molecule has 0 amide bonds. The fraction of sp³-hybridized carbons (Fsp3) is 0.211. The van der Waals surface area contributed by atoms with E-state index in [0.717, 1.165) is 12.1 Å². The third kappa shape index (κ3) is 3.92. The summed E-state index contributed by atoms with van der Waals surface area (Å²) in [5.74, 6) is -1.34. The van der Waals surface area contributed by atoms with Crippen LogP contribution in [-0.2, 0) is 0 Å². The Labute approximate surface area is 163 Å². The minimum Gasteiger partial charge on any atom is -0.381 e. The standard InChI is InChI=1S/C15H10F2N6.C4H8FN/c16-9-6-10(17)14(18)22-13(9)11-7-21-12-5-8(1-4-23(11)12)15-19-2-3-20-15;5-4-1-2-6-3-4/h1-7H,(H2,18,22)(H,19,20);4,6H,1-3H2. The van der Waals surface area contributed by atoms with Crippen molar-refractivity contribution in [1.82, 2.24) is 29.7 Å². The summed E-state index contributed by atoms with van der Waals surface area (Å²) >= 11 is 0. The zero-order chi connectivity index (χ0) is 20.4. The molecule has 7 nitrogen and oxygen atoms in total. The first-order valence-electron chi connectivity index (χ1n) is 8.96. The van der Waals surface area contributed by atoms with Crippen molar-refractivity contribution >= 4 is 11.5 Å². The summed E-state index contributed by atoms with van der Waals surface area (Å²) in [7, 11) is 0. The number of alkyl halides is 1. The molecule has 0 aliphatic carbocycles. The van der Waals surface area contributed by atoms with Crippen molar-refractivity contribution in [1.29, 1.82) is 0 Å². The Bertz CT molecular complexity index is 1120. The number of fused-ring (bicyclic) bond motifs is 1. The number of aromatic nitrogens is 5. The molecule has 0 aromatic carbocycles. The Morgan fingerprint density at radius 1 is 1.17 bits per heavy atom. The molecular formula is C19H18F3N7. The third-order valence-electron chi connectivity index (χ3n) is 4.48. The monoisotopic (exact) mass is 401 g/mol. The van der Waals surface area contributed by atoms with Gasteiger partial charge < -0.3 is 16.0 Å². The van der Waals surface area contributed by atoms with Gasteiger partial charge in [-0.05, 0) is 25.1 Å². The number of halogens is 3. The van der Waals surface area contributed by atoms with Crippen LogP contribution in [0.2, 0.25) is 0 Å². The van der Waals surface area contributed by atoms with Crippen LogP contribution in [0.4, 0.5) is 19.0 Å². The van der Waals surface area contributed by atoms with Crippen molar-refractivity contribution in [2.75, 3.05) is 18.8 Å². The van der Waals surface area contributed by atoms with E-state index in [9.17, 15) is 13.2 Å². The Morgan fingerprint density at radius 3 is 2.69 bits per heavy atom. The van der Waals surface area contributed by atoms with Crippen LogP contribution in [0, 0.1) is 11.6 Å². The van der Waals surface area contributed by atoms with E-state index in [-0.39, 0.29) is 11.5 Å². The second-order valence-electron chi connectivity index (χ2n) is 6.50. The van der Waals surface area contributed by atoms with E-state index in [1.54, 1.807) is 29.1 Å². The molecule has 4 N–H and O–H groups in total. The molecule has 1 unspecified atom stereocenters. The summed E-state index contributed by atoms with van der Waals surface area (Å²) < 4.78 is 40.8. The molecule has 0 radical (unpaired) electrons. The van der Waals surface area contributed by atoms with Crippen molar-refractivity contribution in [2.24, 2.45) is 0 Å². The SMILES string of the molecule is FC1CCNC1.Nc1nc(-c2cnc3cc(-c4ncc[nH]4)ccn23)c(F)cc1F. The van der Waals surface area contributed by atoms with Gasteiger partial charge in [-0.3, -0.25) is 4.40 Å². The number of nitrogens with zero attached hydrogens (tertiary/aromatic N) is 4. The first-order valence-corrected chi connectivity index (χ1v) is 8.96. The van der Waals surface area contributed by atoms with Crippen molar-refractivity contribution in [3.8, 4) is 22.8 Å². The average molecular weight is 401 g/mol. The van der Waals surface area contributed by atoms with E-state index in [4.69, 9.17) is 5.73 Å². The fourth-order valence-corrected chi connectivity index (χ4v) is 3.01. The lowest BCUT2D eigenvalue weighted by atomic mass is 10.2. The van der Waals surface area contributed by atoms with Gasteiger partial charge in [-0.15, -0.1) is 0 Å². The maximum Gasteiger partial charge on any atom is 0.168 e. The highest BCUT2D eigenvalue weighted by molar-refractivity contribution is 5.67. The molecule has 5 heterocycles. The highest BCUT2D eigenvalue weighted by Crippen LogP contribution is 2.26. The molecule has 10 heteroatoms. The minimum atomic E-state index is -0.889. The second-order valence-corrected chi connectivity index (χ2v) is 6.50. The normalized spacial score (nSPS) is 16.0. The van der Waals surface area contributed by atoms with E-state index in [1.807, 2.05) is 6.07 Å². The number of nitrogens with one attached hydrogen (secondary N) is 2. The average Bonchev–Trinajstić information content (AvgIpc) is 3.46. The molecule has 0 spiro atoms. The van der Waals surface area contributed by atoms with E-state index >= 15 is 0 Å². The van der Waals surface area contributed by atoms with Gasteiger partial charge in [0.05, 0.1) is 11.9 Å². The topological polar surface area (TPSA) is 96.9 Å². The molecule has 0 bridgehead atoms. The number of hydrogen-bond acceptors (Lipinski definition) is 5. The van der Waals surface area contributed by atoms with Gasteiger partial charge in [0.15, 0.2) is 17.5 Å². The maximum atomic E-state index is 14.0. The molecule has 150 valence electrons. The Morgan fingerprint density at radius 2 is 2.03 bits per heavy atom. The van der Waals surface area contributed by atoms with Gasteiger partial charge in [-0.2, -0.15) is 0 Å². The third-order valence-corrected chi connectivity index (χ3v) is 4.48. The van der Waals surface area contributed by atoms with Crippen LogP contribution in [0.1, 0.15) is 6.42 Å². The van der Waals surface area contributed by atoms with Crippen molar-refractivity contribution in [2.45, 2.75) is 12.6 Å². The predicted octanol–water partition coefficient (Wildman–Crippen LogP) is 2.96. The molecule has 5 rings (SSSR count). The molecule has 4 aromatic rings. The number of hydrogen-bond donors (Lipinski definition) is 3. The lowest BCUT2D eigenvalue weighted by molar-refractivity contribution is 0.361. The van der Waals surface area contributed by atoms with Gasteiger partial charge in [0.2, 0.25) is 0 Å². The Balaban J connectivity index is 0.000000294. The molecular weight excluding hydrogens is 383 g/mol. The van der Waals surface area contributed by atoms with Crippen LogP contribution in [0.5, 0.6) is 0 Å². The van der Waals surface area contributed by atoms with Gasteiger partial charge >= 0.3 is 0 Å². The van der Waals surface area contributed by atoms with E-state index in [0.29, 0.717) is 36.2 Å². The molecule has 1 atom stereocenters. The van der Waals surface area contributed by atoms with Crippen LogP contribution in [0.15, 0.2) is 43.0 Å². The quantitative estimate of drug-likeness (QED) is 0.480. The van der Waals surface area contributed by atoms with Crippen LogP contribution in [0.3, 0.4) is 0 Å². The fourth-order valence-electron chi connectivity index (χ4n) is 3.01.